The average molecular weight is 254 g/mol. The van der Waals surface area contributed by atoms with Gasteiger partial charge in [-0.15, -0.1) is 0 Å². The van der Waals surface area contributed by atoms with Crippen molar-refractivity contribution >= 4 is 17.9 Å². The third kappa shape index (κ3) is 3.61. The summed E-state index contributed by atoms with van der Waals surface area (Å²) in [4.78, 5) is 13.6. The first kappa shape index (κ1) is 14.3. The molecule has 0 saturated heterocycles. The highest BCUT2D eigenvalue weighted by molar-refractivity contribution is 7.71. The molecule has 1 aromatic carbocycles. The topological polar surface area (TPSA) is 32.3 Å². The van der Waals surface area contributed by atoms with E-state index in [1.165, 1.54) is 6.42 Å². The molecule has 0 amide bonds. The minimum absolute atomic E-state index is 0.0330. The summed E-state index contributed by atoms with van der Waals surface area (Å²) in [5.74, 6) is 0. The van der Waals surface area contributed by atoms with Gasteiger partial charge >= 0.3 is 0 Å². The van der Waals surface area contributed by atoms with Gasteiger partial charge in [-0.05, 0) is 39.4 Å². The zero-order valence-corrected chi connectivity index (χ0v) is 11.8. The van der Waals surface area contributed by atoms with Crippen molar-refractivity contribution in [1.82, 2.24) is 4.90 Å². The molecule has 0 spiro atoms. The summed E-state index contributed by atoms with van der Waals surface area (Å²) < 4.78 is 0.478. The first-order valence-corrected chi connectivity index (χ1v) is 6.78. The Morgan fingerprint density at radius 1 is 1.24 bits per heavy atom. The van der Waals surface area contributed by atoms with E-state index in [1.54, 1.807) is 0 Å². The second kappa shape index (κ2) is 6.87. The third-order valence-electron chi connectivity index (χ3n) is 3.25. The maximum absolute atomic E-state index is 11.2. The molecule has 0 unspecified atom stereocenters. The molecule has 3 nitrogen and oxygen atoms in total. The predicted octanol–water partition coefficient (Wildman–Crippen LogP) is 2.49. The highest BCUT2D eigenvalue weighted by Crippen LogP contribution is 2.15. The van der Waals surface area contributed by atoms with Gasteiger partial charge < -0.3 is 10.2 Å². The molecule has 0 bridgehead atoms. The van der Waals surface area contributed by atoms with Gasteiger partial charge in [0.25, 0.3) is 0 Å². The normalized spacial score (nSPS) is 11.3. The fourth-order valence-corrected chi connectivity index (χ4v) is 2.31. The minimum Gasteiger partial charge on any atom is -0.383 e. The van der Waals surface area contributed by atoms with Crippen LogP contribution in [0.2, 0.25) is 0 Å². The van der Waals surface area contributed by atoms with E-state index in [9.17, 15) is 4.79 Å². The molecule has 0 aliphatic rings. The Kier molecular flexibility index (Phi) is 5.78. The Hall–Kier alpha value is -0.740. The van der Waals surface area contributed by atoms with Crippen LogP contribution in [0.25, 0.3) is 0 Å². The quantitative estimate of drug-likeness (QED) is 0.570. The molecule has 0 radical (unpaired) electrons. The van der Waals surface area contributed by atoms with Gasteiger partial charge in [0.05, 0.1) is 5.69 Å². The van der Waals surface area contributed by atoms with Crippen molar-refractivity contribution in [3.8, 4) is 0 Å². The van der Waals surface area contributed by atoms with Crippen LogP contribution in [0.4, 0.5) is 5.69 Å². The van der Waals surface area contributed by atoms with E-state index < -0.39 is 0 Å². The van der Waals surface area contributed by atoms with Crippen LogP contribution in [0.3, 0.4) is 0 Å². The van der Waals surface area contributed by atoms with Gasteiger partial charge in [-0.3, -0.25) is 4.79 Å². The SMILES string of the molecule is CCN(CC)CCCCNc1c(C)c(=O)c1=S. The van der Waals surface area contributed by atoms with Crippen LogP contribution in [0.15, 0.2) is 4.79 Å². The molecule has 0 saturated carbocycles. The largest absolute Gasteiger partial charge is 0.383 e. The number of hydrogen-bond donors (Lipinski definition) is 1. The van der Waals surface area contributed by atoms with Crippen molar-refractivity contribution in [3.05, 3.63) is 20.3 Å². The molecule has 0 aliphatic carbocycles. The number of nitrogens with one attached hydrogen (secondary N) is 1. The summed E-state index contributed by atoms with van der Waals surface area (Å²) >= 11 is 4.98. The summed E-state index contributed by atoms with van der Waals surface area (Å²) in [6, 6.07) is 0. The fourth-order valence-electron chi connectivity index (χ4n) is 1.93. The van der Waals surface area contributed by atoms with Gasteiger partial charge in [0.1, 0.15) is 4.51 Å². The molecule has 0 atom stereocenters. The lowest BCUT2D eigenvalue weighted by atomic mass is 10.1. The summed E-state index contributed by atoms with van der Waals surface area (Å²) in [6.45, 7) is 10.5. The molecule has 0 aromatic heterocycles. The second-order valence-electron chi connectivity index (χ2n) is 4.32. The standard InChI is InChI=1S/C13H22N2OS/c1-4-15(5-2)9-7-6-8-14-11-10(3)12(16)13(11)17/h14H,4-9H2,1-3H3. The molecule has 4 heteroatoms. The zero-order chi connectivity index (χ0) is 12.8. The Morgan fingerprint density at radius 3 is 2.41 bits per heavy atom. The second-order valence-corrected chi connectivity index (χ2v) is 4.73. The molecule has 96 valence electrons. The Balaban J connectivity index is 2.18. The molecule has 0 heterocycles. The lowest BCUT2D eigenvalue weighted by Crippen LogP contribution is -2.24. The van der Waals surface area contributed by atoms with Crippen molar-refractivity contribution in [2.45, 2.75) is 33.6 Å². The van der Waals surface area contributed by atoms with E-state index in [1.807, 2.05) is 6.92 Å². The summed E-state index contributed by atoms with van der Waals surface area (Å²) in [7, 11) is 0. The van der Waals surface area contributed by atoms with E-state index in [4.69, 9.17) is 12.2 Å². The number of hydrogen-bond acceptors (Lipinski definition) is 4. The predicted molar refractivity (Wildman–Crippen MR) is 76.2 cm³/mol. The summed E-state index contributed by atoms with van der Waals surface area (Å²) in [6.07, 6.45) is 2.30. The van der Waals surface area contributed by atoms with Gasteiger partial charge in [0.15, 0.2) is 0 Å². The minimum atomic E-state index is 0.0330. The number of nitrogens with zero attached hydrogens (tertiary/aromatic N) is 1. The Bertz CT molecular complexity index is 417. The average Bonchev–Trinajstić information content (AvgIpc) is 2.37. The van der Waals surface area contributed by atoms with Gasteiger partial charge in [-0.2, -0.15) is 0 Å². The summed E-state index contributed by atoms with van der Waals surface area (Å²) in [5.41, 5.74) is 1.72. The van der Waals surface area contributed by atoms with Crippen LogP contribution < -0.4 is 10.7 Å². The van der Waals surface area contributed by atoms with Crippen molar-refractivity contribution in [2.24, 2.45) is 0 Å². The molecular weight excluding hydrogens is 232 g/mol. The van der Waals surface area contributed by atoms with Crippen LogP contribution >= 0.6 is 12.2 Å². The molecule has 1 rings (SSSR count). The molecule has 0 fully saturated rings. The highest BCUT2D eigenvalue weighted by atomic mass is 32.1. The van der Waals surface area contributed by atoms with Crippen molar-refractivity contribution in [3.63, 3.8) is 0 Å². The zero-order valence-electron chi connectivity index (χ0n) is 11.0. The van der Waals surface area contributed by atoms with E-state index in [0.29, 0.717) is 4.51 Å². The molecule has 0 aliphatic heterocycles. The van der Waals surface area contributed by atoms with Gasteiger partial charge in [0, 0.05) is 12.1 Å². The van der Waals surface area contributed by atoms with Crippen LogP contribution in [0, 0.1) is 11.4 Å². The molecule has 17 heavy (non-hydrogen) atoms. The van der Waals surface area contributed by atoms with E-state index in [-0.39, 0.29) is 5.43 Å². The first-order chi connectivity index (χ1) is 8.11. The maximum atomic E-state index is 11.2. The fraction of sp³-hybridized carbons (Fsp3) is 0.692. The number of unbranched alkanes of at least 4 members (excludes halogenated alkanes) is 1. The monoisotopic (exact) mass is 254 g/mol. The molecular formula is C13H22N2OS. The first-order valence-electron chi connectivity index (χ1n) is 6.37. The van der Waals surface area contributed by atoms with Crippen LogP contribution in [-0.4, -0.2) is 31.1 Å². The smallest absolute Gasteiger partial charge is 0.203 e. The highest BCUT2D eigenvalue weighted by Gasteiger charge is 2.11. The lowest BCUT2D eigenvalue weighted by molar-refractivity contribution is 0.298. The molecule has 1 N–H and O–H groups in total. The van der Waals surface area contributed by atoms with Crippen molar-refractivity contribution < 1.29 is 0 Å². The van der Waals surface area contributed by atoms with Crippen LogP contribution in [0.1, 0.15) is 32.3 Å². The maximum Gasteiger partial charge on any atom is 0.203 e. The molecule has 1 aromatic rings. The van der Waals surface area contributed by atoms with Gasteiger partial charge in [-0.25, -0.2) is 0 Å². The van der Waals surface area contributed by atoms with Gasteiger partial charge in [-0.1, -0.05) is 26.1 Å². The van der Waals surface area contributed by atoms with E-state index >= 15 is 0 Å². The Labute approximate surface area is 109 Å². The number of rotatable bonds is 8. The van der Waals surface area contributed by atoms with Crippen molar-refractivity contribution in [1.29, 1.82) is 0 Å². The number of anilines is 1. The van der Waals surface area contributed by atoms with Crippen molar-refractivity contribution in [2.75, 3.05) is 31.5 Å². The summed E-state index contributed by atoms with van der Waals surface area (Å²) in [5, 5.41) is 3.26. The van der Waals surface area contributed by atoms with Crippen LogP contribution in [0.5, 0.6) is 0 Å². The van der Waals surface area contributed by atoms with E-state index in [0.717, 1.165) is 43.9 Å². The Morgan fingerprint density at radius 2 is 1.88 bits per heavy atom. The third-order valence-corrected chi connectivity index (χ3v) is 3.64. The van der Waals surface area contributed by atoms with Crippen LogP contribution in [-0.2, 0) is 0 Å². The van der Waals surface area contributed by atoms with Gasteiger partial charge in [0.2, 0.25) is 5.43 Å². The van der Waals surface area contributed by atoms with E-state index in [2.05, 4.69) is 24.1 Å². The lowest BCUT2D eigenvalue weighted by Gasteiger charge is -2.18.